The molecule has 0 spiro atoms. The normalized spacial score (nSPS) is 20.8. The lowest BCUT2D eigenvalue weighted by molar-refractivity contribution is -0.147. The van der Waals surface area contributed by atoms with Gasteiger partial charge < -0.3 is 9.47 Å². The monoisotopic (exact) mass is 229 g/mol. The summed E-state index contributed by atoms with van der Waals surface area (Å²) in [6, 6.07) is -0.481. The zero-order valence-corrected chi connectivity index (χ0v) is 10.1. The van der Waals surface area contributed by atoms with E-state index in [1.54, 1.807) is 13.8 Å². The first kappa shape index (κ1) is 12.8. The topological polar surface area (TPSA) is 55.8 Å². The molecule has 1 saturated heterocycles. The Morgan fingerprint density at radius 1 is 1.31 bits per heavy atom. The van der Waals surface area contributed by atoms with Gasteiger partial charge in [-0.05, 0) is 33.1 Å². The quantitative estimate of drug-likeness (QED) is 0.674. The summed E-state index contributed by atoms with van der Waals surface area (Å²) < 4.78 is 9.78. The van der Waals surface area contributed by atoms with E-state index in [0.717, 1.165) is 12.8 Å². The Kier molecular flexibility index (Phi) is 4.58. The first-order valence-electron chi connectivity index (χ1n) is 5.61. The number of hydrogen-bond acceptors (Lipinski definition) is 4. The molecule has 0 aromatic carbocycles. The number of amides is 1. The Hall–Kier alpha value is -1.26. The fourth-order valence-electron chi connectivity index (χ4n) is 1.80. The minimum Gasteiger partial charge on any atom is -0.467 e. The molecule has 1 fully saturated rings. The van der Waals surface area contributed by atoms with Crippen LogP contribution in [0.4, 0.5) is 4.79 Å². The average molecular weight is 229 g/mol. The standard InChI is InChI=1S/C11H19NO4/c1-8(2)16-11(14)12-7-5-4-6-9(12)10(13)15-3/h8-9H,4-7H2,1-3H3/t9-/m1/s1. The fraction of sp³-hybridized carbons (Fsp3) is 0.818. The van der Waals surface area contributed by atoms with Crippen LogP contribution in [-0.2, 0) is 14.3 Å². The minimum absolute atomic E-state index is 0.173. The number of methoxy groups -OCH3 is 1. The van der Waals surface area contributed by atoms with E-state index in [1.807, 2.05) is 0 Å². The second-order valence-electron chi connectivity index (χ2n) is 4.16. The number of rotatable bonds is 2. The van der Waals surface area contributed by atoms with Crippen molar-refractivity contribution >= 4 is 12.1 Å². The third-order valence-electron chi connectivity index (χ3n) is 2.55. The van der Waals surface area contributed by atoms with Crippen LogP contribution in [0.5, 0.6) is 0 Å². The molecule has 0 aliphatic carbocycles. The maximum Gasteiger partial charge on any atom is 0.410 e. The summed E-state index contributed by atoms with van der Waals surface area (Å²) in [6.45, 7) is 4.13. The molecule has 1 heterocycles. The zero-order valence-electron chi connectivity index (χ0n) is 10.1. The molecule has 1 aliphatic rings. The van der Waals surface area contributed by atoms with Crippen LogP contribution in [0.15, 0.2) is 0 Å². The first-order valence-corrected chi connectivity index (χ1v) is 5.61. The smallest absolute Gasteiger partial charge is 0.410 e. The molecule has 16 heavy (non-hydrogen) atoms. The Morgan fingerprint density at radius 2 is 2.00 bits per heavy atom. The Morgan fingerprint density at radius 3 is 2.56 bits per heavy atom. The van der Waals surface area contributed by atoms with E-state index in [4.69, 9.17) is 4.74 Å². The van der Waals surface area contributed by atoms with Gasteiger partial charge in [-0.2, -0.15) is 0 Å². The molecule has 0 saturated carbocycles. The number of likely N-dealkylation sites (tertiary alicyclic amines) is 1. The number of piperidine rings is 1. The summed E-state index contributed by atoms with van der Waals surface area (Å²) in [5.41, 5.74) is 0. The number of carbonyl (C=O) groups is 2. The Labute approximate surface area is 95.7 Å². The van der Waals surface area contributed by atoms with Gasteiger partial charge in [0.2, 0.25) is 0 Å². The molecule has 1 amide bonds. The summed E-state index contributed by atoms with van der Waals surface area (Å²) in [4.78, 5) is 24.7. The summed E-state index contributed by atoms with van der Waals surface area (Å²) >= 11 is 0. The highest BCUT2D eigenvalue weighted by Crippen LogP contribution is 2.19. The van der Waals surface area contributed by atoms with E-state index >= 15 is 0 Å². The SMILES string of the molecule is COC(=O)[C@H]1CCCCN1C(=O)OC(C)C. The summed E-state index contributed by atoms with van der Waals surface area (Å²) in [6.07, 6.45) is 1.89. The maximum absolute atomic E-state index is 11.7. The Bertz CT molecular complexity index is 265. The molecule has 1 atom stereocenters. The lowest BCUT2D eigenvalue weighted by atomic mass is 10.0. The second kappa shape index (κ2) is 5.72. The lowest BCUT2D eigenvalue weighted by Crippen LogP contribution is -2.49. The highest BCUT2D eigenvalue weighted by Gasteiger charge is 2.34. The van der Waals surface area contributed by atoms with Crippen molar-refractivity contribution < 1.29 is 19.1 Å². The van der Waals surface area contributed by atoms with E-state index in [9.17, 15) is 9.59 Å². The average Bonchev–Trinajstić information content (AvgIpc) is 2.27. The van der Waals surface area contributed by atoms with Crippen LogP contribution in [0.25, 0.3) is 0 Å². The highest BCUT2D eigenvalue weighted by molar-refractivity contribution is 5.81. The van der Waals surface area contributed by atoms with Crippen molar-refractivity contribution in [1.82, 2.24) is 4.90 Å². The number of hydrogen-bond donors (Lipinski definition) is 0. The van der Waals surface area contributed by atoms with Gasteiger partial charge in [-0.1, -0.05) is 0 Å². The van der Waals surface area contributed by atoms with Crippen LogP contribution in [0.3, 0.4) is 0 Å². The Balaban J connectivity index is 2.66. The van der Waals surface area contributed by atoms with E-state index in [-0.39, 0.29) is 12.1 Å². The van der Waals surface area contributed by atoms with Gasteiger partial charge in [0.25, 0.3) is 0 Å². The van der Waals surface area contributed by atoms with Crippen molar-refractivity contribution in [1.29, 1.82) is 0 Å². The van der Waals surface area contributed by atoms with Crippen LogP contribution in [0, 0.1) is 0 Å². The fourth-order valence-corrected chi connectivity index (χ4v) is 1.80. The van der Waals surface area contributed by atoms with Crippen LogP contribution in [-0.4, -0.2) is 42.8 Å². The molecular formula is C11H19NO4. The van der Waals surface area contributed by atoms with E-state index in [0.29, 0.717) is 13.0 Å². The van der Waals surface area contributed by atoms with Crippen molar-refractivity contribution in [3.05, 3.63) is 0 Å². The van der Waals surface area contributed by atoms with Gasteiger partial charge in [0.05, 0.1) is 13.2 Å². The molecule has 0 unspecified atom stereocenters. The maximum atomic E-state index is 11.7. The zero-order chi connectivity index (χ0) is 12.1. The van der Waals surface area contributed by atoms with Crippen molar-refractivity contribution in [2.75, 3.05) is 13.7 Å². The van der Waals surface area contributed by atoms with Crippen LogP contribution in [0.2, 0.25) is 0 Å². The molecular weight excluding hydrogens is 210 g/mol. The molecule has 1 rings (SSSR count). The van der Waals surface area contributed by atoms with Crippen LogP contribution >= 0.6 is 0 Å². The van der Waals surface area contributed by atoms with Gasteiger partial charge in [-0.15, -0.1) is 0 Å². The van der Waals surface area contributed by atoms with Crippen molar-refractivity contribution in [3.63, 3.8) is 0 Å². The summed E-state index contributed by atoms with van der Waals surface area (Å²) in [5, 5.41) is 0. The summed E-state index contributed by atoms with van der Waals surface area (Å²) in [7, 11) is 1.34. The lowest BCUT2D eigenvalue weighted by Gasteiger charge is -2.33. The molecule has 0 N–H and O–H groups in total. The first-order chi connectivity index (χ1) is 7.56. The molecule has 0 radical (unpaired) electrons. The van der Waals surface area contributed by atoms with E-state index < -0.39 is 12.1 Å². The second-order valence-corrected chi connectivity index (χ2v) is 4.16. The number of carbonyl (C=O) groups excluding carboxylic acids is 2. The minimum atomic E-state index is -0.481. The highest BCUT2D eigenvalue weighted by atomic mass is 16.6. The third kappa shape index (κ3) is 3.12. The van der Waals surface area contributed by atoms with E-state index in [2.05, 4.69) is 4.74 Å². The van der Waals surface area contributed by atoms with Crippen molar-refractivity contribution in [3.8, 4) is 0 Å². The van der Waals surface area contributed by atoms with Crippen LogP contribution < -0.4 is 0 Å². The van der Waals surface area contributed by atoms with Gasteiger partial charge >= 0.3 is 12.1 Å². The molecule has 5 heteroatoms. The largest absolute Gasteiger partial charge is 0.467 e. The number of ether oxygens (including phenoxy) is 2. The molecule has 0 bridgehead atoms. The third-order valence-corrected chi connectivity index (χ3v) is 2.55. The van der Waals surface area contributed by atoms with Crippen molar-refractivity contribution in [2.24, 2.45) is 0 Å². The van der Waals surface area contributed by atoms with E-state index in [1.165, 1.54) is 12.0 Å². The van der Waals surface area contributed by atoms with Gasteiger partial charge in [0.1, 0.15) is 6.04 Å². The molecule has 5 nitrogen and oxygen atoms in total. The molecule has 1 aliphatic heterocycles. The van der Waals surface area contributed by atoms with Gasteiger partial charge in [0, 0.05) is 6.54 Å². The molecule has 0 aromatic heterocycles. The molecule has 0 aromatic rings. The van der Waals surface area contributed by atoms with Gasteiger partial charge in [0.15, 0.2) is 0 Å². The van der Waals surface area contributed by atoms with Crippen molar-refractivity contribution in [2.45, 2.75) is 45.3 Å². The predicted molar refractivity (Wildman–Crippen MR) is 58.0 cm³/mol. The number of nitrogens with zero attached hydrogens (tertiary/aromatic N) is 1. The summed E-state index contributed by atoms with van der Waals surface area (Å²) in [5.74, 6) is -0.361. The van der Waals surface area contributed by atoms with Gasteiger partial charge in [-0.25, -0.2) is 9.59 Å². The molecule has 92 valence electrons. The van der Waals surface area contributed by atoms with Crippen LogP contribution in [0.1, 0.15) is 33.1 Å². The number of esters is 1. The van der Waals surface area contributed by atoms with Gasteiger partial charge in [-0.3, -0.25) is 4.90 Å². The predicted octanol–water partition coefficient (Wildman–Crippen LogP) is 1.56.